The quantitative estimate of drug-likeness (QED) is 0.897. The summed E-state index contributed by atoms with van der Waals surface area (Å²) in [5.41, 5.74) is 1.68. The zero-order chi connectivity index (χ0) is 13.7. The van der Waals surface area contributed by atoms with E-state index in [1.807, 2.05) is 13.0 Å². The number of methoxy groups -OCH3 is 1. The van der Waals surface area contributed by atoms with Crippen LogP contribution in [0.5, 0.6) is 5.75 Å². The van der Waals surface area contributed by atoms with Gasteiger partial charge in [0.25, 0.3) is 0 Å². The summed E-state index contributed by atoms with van der Waals surface area (Å²) in [6, 6.07) is 4.83. The number of ether oxygens (including phenoxy) is 1. The van der Waals surface area contributed by atoms with Crippen LogP contribution in [0, 0.1) is 5.82 Å². The van der Waals surface area contributed by atoms with Crippen molar-refractivity contribution in [3.8, 4) is 5.75 Å². The number of hydrogen-bond acceptors (Lipinski definition) is 4. The van der Waals surface area contributed by atoms with Crippen molar-refractivity contribution in [1.29, 1.82) is 0 Å². The molecule has 0 spiro atoms. The van der Waals surface area contributed by atoms with E-state index in [-0.39, 0.29) is 11.9 Å². The van der Waals surface area contributed by atoms with Crippen molar-refractivity contribution in [2.45, 2.75) is 13.0 Å². The van der Waals surface area contributed by atoms with E-state index < -0.39 is 0 Å². The molecule has 2 heterocycles. The summed E-state index contributed by atoms with van der Waals surface area (Å²) in [5.74, 6) is 0.338. The minimum atomic E-state index is -0.345. The van der Waals surface area contributed by atoms with Crippen LogP contribution in [0.1, 0.15) is 24.2 Å². The van der Waals surface area contributed by atoms with Crippen LogP contribution in [-0.2, 0) is 0 Å². The van der Waals surface area contributed by atoms with Gasteiger partial charge in [-0.25, -0.2) is 4.39 Å². The van der Waals surface area contributed by atoms with Crippen LogP contribution in [0.4, 0.5) is 4.39 Å². The largest absolute Gasteiger partial charge is 0.495 e. The maximum absolute atomic E-state index is 12.9. The monoisotopic (exact) mass is 261 g/mol. The van der Waals surface area contributed by atoms with E-state index in [0.29, 0.717) is 5.75 Å². The van der Waals surface area contributed by atoms with Crippen molar-refractivity contribution < 1.29 is 9.13 Å². The van der Waals surface area contributed by atoms with Gasteiger partial charge >= 0.3 is 0 Å². The summed E-state index contributed by atoms with van der Waals surface area (Å²) in [6.07, 6.45) is 4.61. The number of nitrogens with zero attached hydrogens (tertiary/aromatic N) is 2. The lowest BCUT2D eigenvalue weighted by Crippen LogP contribution is -2.23. The highest BCUT2D eigenvalue weighted by Crippen LogP contribution is 2.22. The fourth-order valence-corrected chi connectivity index (χ4v) is 1.86. The summed E-state index contributed by atoms with van der Waals surface area (Å²) in [6.45, 7) is 2.77. The van der Waals surface area contributed by atoms with E-state index in [0.717, 1.165) is 17.8 Å². The zero-order valence-electron chi connectivity index (χ0n) is 10.9. The lowest BCUT2D eigenvalue weighted by atomic mass is 10.0. The second-order valence-electron chi connectivity index (χ2n) is 4.05. The highest BCUT2D eigenvalue weighted by atomic mass is 19.1. The highest BCUT2D eigenvalue weighted by Gasteiger charge is 2.15. The molecule has 1 atom stereocenters. The number of rotatable bonds is 5. The van der Waals surface area contributed by atoms with Gasteiger partial charge in [-0.2, -0.15) is 0 Å². The molecule has 19 heavy (non-hydrogen) atoms. The zero-order valence-corrected chi connectivity index (χ0v) is 10.9. The van der Waals surface area contributed by atoms with E-state index in [1.165, 1.54) is 12.3 Å². The predicted molar refractivity (Wildman–Crippen MR) is 70.5 cm³/mol. The van der Waals surface area contributed by atoms with Crippen LogP contribution < -0.4 is 10.1 Å². The third kappa shape index (κ3) is 3.26. The molecule has 5 heteroatoms. The number of hydrogen-bond donors (Lipinski definition) is 1. The fraction of sp³-hybridized carbons (Fsp3) is 0.286. The molecule has 2 aromatic rings. The van der Waals surface area contributed by atoms with Gasteiger partial charge in [0.2, 0.25) is 0 Å². The molecule has 4 nitrogen and oxygen atoms in total. The first-order valence-electron chi connectivity index (χ1n) is 6.08. The lowest BCUT2D eigenvalue weighted by Gasteiger charge is -2.18. The molecular formula is C14H16FN3O. The van der Waals surface area contributed by atoms with Gasteiger partial charge in [-0.15, -0.1) is 0 Å². The van der Waals surface area contributed by atoms with E-state index >= 15 is 0 Å². The molecule has 0 saturated heterocycles. The third-order valence-corrected chi connectivity index (χ3v) is 2.76. The maximum Gasteiger partial charge on any atom is 0.141 e. The highest BCUT2D eigenvalue weighted by molar-refractivity contribution is 5.31. The molecule has 0 bridgehead atoms. The van der Waals surface area contributed by atoms with Gasteiger partial charge in [0.1, 0.15) is 11.6 Å². The van der Waals surface area contributed by atoms with Gasteiger partial charge in [-0.3, -0.25) is 9.97 Å². The fourth-order valence-electron chi connectivity index (χ4n) is 1.86. The van der Waals surface area contributed by atoms with Gasteiger partial charge in [0.05, 0.1) is 31.2 Å². The van der Waals surface area contributed by atoms with E-state index in [2.05, 4.69) is 15.3 Å². The van der Waals surface area contributed by atoms with E-state index in [1.54, 1.807) is 25.6 Å². The standard InChI is InChI=1S/C14H16FN3O/c1-3-17-14(13-5-4-11(15)8-18-13)10-6-12(19-2)9-16-7-10/h4-9,14,17H,3H2,1-2H3. The number of aromatic nitrogens is 2. The Kier molecular flexibility index (Phi) is 4.41. The molecule has 0 aliphatic rings. The molecule has 0 saturated carbocycles. The van der Waals surface area contributed by atoms with Crippen LogP contribution in [0.15, 0.2) is 36.8 Å². The summed E-state index contributed by atoms with van der Waals surface area (Å²) >= 11 is 0. The molecule has 0 amide bonds. The Morgan fingerprint density at radius 2 is 2.16 bits per heavy atom. The van der Waals surface area contributed by atoms with Crippen molar-refractivity contribution in [2.24, 2.45) is 0 Å². The van der Waals surface area contributed by atoms with Crippen LogP contribution in [0.2, 0.25) is 0 Å². The normalized spacial score (nSPS) is 12.2. The molecule has 2 rings (SSSR count). The summed E-state index contributed by atoms with van der Waals surface area (Å²) < 4.78 is 18.1. The van der Waals surface area contributed by atoms with Gasteiger partial charge in [-0.05, 0) is 30.3 Å². The van der Waals surface area contributed by atoms with Gasteiger partial charge in [0.15, 0.2) is 0 Å². The Hall–Kier alpha value is -2.01. The van der Waals surface area contributed by atoms with Gasteiger partial charge in [-0.1, -0.05) is 6.92 Å². The average Bonchev–Trinajstić information content (AvgIpc) is 2.46. The Morgan fingerprint density at radius 1 is 1.32 bits per heavy atom. The van der Waals surface area contributed by atoms with E-state index in [9.17, 15) is 4.39 Å². The van der Waals surface area contributed by atoms with Crippen LogP contribution in [0.3, 0.4) is 0 Å². The molecule has 0 radical (unpaired) electrons. The Labute approximate surface area is 111 Å². The topological polar surface area (TPSA) is 47.0 Å². The Balaban J connectivity index is 2.35. The van der Waals surface area contributed by atoms with Gasteiger partial charge < -0.3 is 10.1 Å². The molecule has 2 aromatic heterocycles. The van der Waals surface area contributed by atoms with Crippen molar-refractivity contribution in [1.82, 2.24) is 15.3 Å². The van der Waals surface area contributed by atoms with E-state index in [4.69, 9.17) is 4.74 Å². The number of nitrogens with one attached hydrogen (secondary N) is 1. The molecule has 0 aliphatic heterocycles. The van der Waals surface area contributed by atoms with Crippen molar-refractivity contribution in [2.75, 3.05) is 13.7 Å². The first-order valence-corrected chi connectivity index (χ1v) is 6.08. The van der Waals surface area contributed by atoms with Gasteiger partial charge in [0, 0.05) is 6.20 Å². The molecular weight excluding hydrogens is 245 g/mol. The molecule has 0 aromatic carbocycles. The SMILES string of the molecule is CCNC(c1cncc(OC)c1)c1ccc(F)cn1. The molecule has 100 valence electrons. The van der Waals surface area contributed by atoms with Crippen LogP contribution in [0.25, 0.3) is 0 Å². The molecule has 0 fully saturated rings. The van der Waals surface area contributed by atoms with Crippen LogP contribution >= 0.6 is 0 Å². The Bertz CT molecular complexity index is 530. The minimum absolute atomic E-state index is 0.131. The summed E-state index contributed by atoms with van der Waals surface area (Å²) in [7, 11) is 1.60. The molecule has 1 unspecified atom stereocenters. The number of pyridine rings is 2. The average molecular weight is 261 g/mol. The smallest absolute Gasteiger partial charge is 0.141 e. The minimum Gasteiger partial charge on any atom is -0.495 e. The first kappa shape index (κ1) is 13.4. The predicted octanol–water partition coefficient (Wildman–Crippen LogP) is 2.32. The second-order valence-corrected chi connectivity index (χ2v) is 4.05. The van der Waals surface area contributed by atoms with Crippen molar-refractivity contribution >= 4 is 0 Å². The Morgan fingerprint density at radius 3 is 2.79 bits per heavy atom. The second kappa shape index (κ2) is 6.24. The first-order chi connectivity index (χ1) is 9.24. The third-order valence-electron chi connectivity index (χ3n) is 2.76. The summed E-state index contributed by atoms with van der Waals surface area (Å²) in [4.78, 5) is 8.26. The molecule has 1 N–H and O–H groups in total. The van der Waals surface area contributed by atoms with Crippen LogP contribution in [-0.4, -0.2) is 23.6 Å². The lowest BCUT2D eigenvalue weighted by molar-refractivity contribution is 0.411. The maximum atomic E-state index is 12.9. The summed E-state index contributed by atoms with van der Waals surface area (Å²) in [5, 5.41) is 3.31. The van der Waals surface area contributed by atoms with Crippen molar-refractivity contribution in [3.05, 3.63) is 53.9 Å². The number of halogens is 1. The molecule has 0 aliphatic carbocycles. The van der Waals surface area contributed by atoms with Crippen molar-refractivity contribution in [3.63, 3.8) is 0 Å².